The fourth-order valence-corrected chi connectivity index (χ4v) is 7.14. The van der Waals surface area contributed by atoms with E-state index >= 15 is 0 Å². The van der Waals surface area contributed by atoms with E-state index in [9.17, 15) is 19.2 Å². The molecule has 1 aliphatic rings. The lowest BCUT2D eigenvalue weighted by atomic mass is 9.90. The van der Waals surface area contributed by atoms with Crippen molar-refractivity contribution in [2.24, 2.45) is 17.8 Å². The SMILES string of the molecule is CC[C@H](C)C(C(CC(=O)N1CC(OC)CC1C(OC)C(C)C(=O)NCCc1ccccc1)OC)N(C)C(=O)CNC(=O)C(C(C)C)N(C)C. The molecule has 1 aliphatic heterocycles. The Hall–Kier alpha value is -3.06. The zero-order valence-electron chi connectivity index (χ0n) is 31.7. The molecule has 1 aromatic rings. The molecule has 0 aromatic heterocycles. The van der Waals surface area contributed by atoms with Crippen LogP contribution in [0.25, 0.3) is 0 Å². The van der Waals surface area contributed by atoms with Crippen molar-refractivity contribution in [3.63, 3.8) is 0 Å². The summed E-state index contributed by atoms with van der Waals surface area (Å²) in [4.78, 5) is 59.0. The van der Waals surface area contributed by atoms with Crippen molar-refractivity contribution in [3.05, 3.63) is 35.9 Å². The molecule has 1 aromatic carbocycles. The van der Waals surface area contributed by atoms with Gasteiger partial charge in [0.2, 0.25) is 23.6 Å². The molecule has 0 radical (unpaired) electrons. The number of benzene rings is 1. The van der Waals surface area contributed by atoms with E-state index in [4.69, 9.17) is 14.2 Å². The van der Waals surface area contributed by atoms with Crippen LogP contribution in [0.2, 0.25) is 0 Å². The Labute approximate surface area is 294 Å². The van der Waals surface area contributed by atoms with Crippen molar-refractivity contribution in [3.8, 4) is 0 Å². The van der Waals surface area contributed by atoms with Gasteiger partial charge in [0.05, 0.1) is 55.3 Å². The maximum absolute atomic E-state index is 14.1. The van der Waals surface area contributed by atoms with E-state index in [0.29, 0.717) is 25.9 Å². The van der Waals surface area contributed by atoms with Crippen molar-refractivity contribution in [2.45, 2.75) is 96.7 Å². The highest BCUT2D eigenvalue weighted by Gasteiger charge is 2.45. The number of likely N-dealkylation sites (N-methyl/N-ethyl adjacent to an activating group) is 2. The number of methoxy groups -OCH3 is 3. The molecule has 12 nitrogen and oxygen atoms in total. The molecule has 0 spiro atoms. The number of amides is 4. The van der Waals surface area contributed by atoms with E-state index in [-0.39, 0.29) is 60.6 Å². The Kier molecular flexibility index (Phi) is 17.7. The third-order valence-corrected chi connectivity index (χ3v) is 10.1. The molecule has 2 N–H and O–H groups in total. The number of nitrogens with zero attached hydrogens (tertiary/aromatic N) is 3. The number of rotatable bonds is 20. The highest BCUT2D eigenvalue weighted by Crippen LogP contribution is 2.30. The van der Waals surface area contributed by atoms with E-state index in [1.165, 1.54) is 0 Å². The smallest absolute Gasteiger partial charge is 0.242 e. The first-order chi connectivity index (χ1) is 23.2. The number of nitrogens with one attached hydrogen (secondary N) is 2. The Morgan fingerprint density at radius 3 is 2.12 bits per heavy atom. The van der Waals surface area contributed by atoms with Gasteiger partial charge in [0.1, 0.15) is 0 Å². The molecule has 4 amide bonds. The van der Waals surface area contributed by atoms with Crippen molar-refractivity contribution in [1.29, 1.82) is 0 Å². The monoisotopic (exact) mass is 689 g/mol. The lowest BCUT2D eigenvalue weighted by Crippen LogP contribution is -2.55. The van der Waals surface area contributed by atoms with Crippen LogP contribution in [-0.2, 0) is 39.8 Å². The van der Waals surface area contributed by atoms with Crippen molar-refractivity contribution < 1.29 is 33.4 Å². The fourth-order valence-electron chi connectivity index (χ4n) is 7.14. The minimum absolute atomic E-state index is 0.0000144. The molecule has 7 unspecified atom stereocenters. The van der Waals surface area contributed by atoms with Gasteiger partial charge in [0.15, 0.2) is 0 Å². The summed E-state index contributed by atoms with van der Waals surface area (Å²) in [6, 6.07) is 8.78. The summed E-state index contributed by atoms with van der Waals surface area (Å²) in [5.74, 6) is -1.23. The third-order valence-electron chi connectivity index (χ3n) is 10.1. The van der Waals surface area contributed by atoms with Gasteiger partial charge in [-0.15, -0.1) is 0 Å². The first-order valence-electron chi connectivity index (χ1n) is 17.6. The second-order valence-corrected chi connectivity index (χ2v) is 14.0. The Balaban J connectivity index is 2.18. The van der Waals surface area contributed by atoms with Crippen LogP contribution in [0, 0.1) is 17.8 Å². The molecule has 0 aliphatic carbocycles. The Morgan fingerprint density at radius 1 is 0.939 bits per heavy atom. The molecule has 0 saturated carbocycles. The van der Waals surface area contributed by atoms with Gasteiger partial charge < -0.3 is 34.6 Å². The quantitative estimate of drug-likeness (QED) is 0.214. The molecule has 1 saturated heterocycles. The molecule has 278 valence electrons. The summed E-state index contributed by atoms with van der Waals surface area (Å²) in [6.07, 6.45) is 0.625. The van der Waals surface area contributed by atoms with Gasteiger partial charge >= 0.3 is 0 Å². The van der Waals surface area contributed by atoms with Crippen molar-refractivity contribution in [2.75, 3.05) is 62.1 Å². The van der Waals surface area contributed by atoms with Crippen molar-refractivity contribution in [1.82, 2.24) is 25.3 Å². The normalized spacial score (nSPS) is 20.0. The highest BCUT2D eigenvalue weighted by molar-refractivity contribution is 5.87. The molecule has 49 heavy (non-hydrogen) atoms. The summed E-state index contributed by atoms with van der Waals surface area (Å²) >= 11 is 0. The van der Waals surface area contributed by atoms with Gasteiger partial charge in [-0.05, 0) is 44.3 Å². The number of hydrogen-bond acceptors (Lipinski definition) is 8. The summed E-state index contributed by atoms with van der Waals surface area (Å²) < 4.78 is 17.6. The third kappa shape index (κ3) is 11.8. The van der Waals surface area contributed by atoms with Crippen LogP contribution in [0.15, 0.2) is 30.3 Å². The second-order valence-electron chi connectivity index (χ2n) is 14.0. The van der Waals surface area contributed by atoms with E-state index in [1.54, 1.807) is 38.2 Å². The minimum atomic E-state index is -0.612. The molecule has 1 heterocycles. The van der Waals surface area contributed by atoms with Crippen LogP contribution in [0.5, 0.6) is 0 Å². The topological polar surface area (TPSA) is 130 Å². The highest BCUT2D eigenvalue weighted by atomic mass is 16.5. The first-order valence-corrected chi connectivity index (χ1v) is 17.6. The summed E-state index contributed by atoms with van der Waals surface area (Å²) in [7, 11) is 10.1. The lowest BCUT2D eigenvalue weighted by molar-refractivity contribution is -0.146. The summed E-state index contributed by atoms with van der Waals surface area (Å²) in [6.45, 7) is 10.5. The van der Waals surface area contributed by atoms with Crippen molar-refractivity contribution >= 4 is 23.6 Å². The largest absolute Gasteiger partial charge is 0.380 e. The predicted molar refractivity (Wildman–Crippen MR) is 191 cm³/mol. The average Bonchev–Trinajstić information content (AvgIpc) is 3.51. The maximum atomic E-state index is 14.1. The maximum Gasteiger partial charge on any atom is 0.242 e. The summed E-state index contributed by atoms with van der Waals surface area (Å²) in [5, 5.41) is 5.84. The molecular weight excluding hydrogens is 626 g/mol. The molecular formula is C37H63N5O7. The zero-order valence-corrected chi connectivity index (χ0v) is 31.7. The molecule has 2 rings (SSSR count). The summed E-state index contributed by atoms with van der Waals surface area (Å²) in [5.41, 5.74) is 1.14. The van der Waals surface area contributed by atoms with Gasteiger partial charge in [-0.25, -0.2) is 0 Å². The number of likely N-dealkylation sites (tertiary alicyclic amines) is 1. The second kappa shape index (κ2) is 20.6. The average molecular weight is 690 g/mol. The molecule has 8 atom stereocenters. The van der Waals surface area contributed by atoms with Crippen LogP contribution >= 0.6 is 0 Å². The van der Waals surface area contributed by atoms with Gasteiger partial charge in [-0.3, -0.25) is 24.1 Å². The van der Waals surface area contributed by atoms with E-state index in [0.717, 1.165) is 12.0 Å². The Bertz CT molecular complexity index is 1170. The van der Waals surface area contributed by atoms with E-state index in [1.807, 2.05) is 83.9 Å². The van der Waals surface area contributed by atoms with Gasteiger partial charge in [-0.2, -0.15) is 0 Å². The zero-order chi connectivity index (χ0) is 36.8. The number of ether oxygens (including phenoxy) is 3. The molecule has 1 fully saturated rings. The molecule has 0 bridgehead atoms. The first kappa shape index (κ1) is 42.1. The predicted octanol–water partition coefficient (Wildman–Crippen LogP) is 2.59. The molecule has 12 heteroatoms. The standard InChI is InChI=1S/C37H63N5O7/c1-12-25(4)34(41(8)32(44)22-39-37(46)33(24(2)3)40(6)7)30(48-10)21-31(43)42-23-28(47-9)20-29(42)35(49-11)26(5)36(45)38-19-18-27-16-14-13-15-17-27/h13-17,24-26,28-30,33-35H,12,18-23H2,1-11H3,(H,38,45)(H,39,46)/t25-,26?,28?,29?,30?,33?,34?,35?/m0/s1. The fraction of sp³-hybridized carbons (Fsp3) is 0.730. The van der Waals surface area contributed by atoms with Gasteiger partial charge in [-0.1, -0.05) is 71.4 Å². The number of carbonyl (C=O) groups is 4. The van der Waals surface area contributed by atoms with E-state index in [2.05, 4.69) is 10.6 Å². The van der Waals surface area contributed by atoms with Gasteiger partial charge in [0.25, 0.3) is 0 Å². The van der Waals surface area contributed by atoms with Crippen LogP contribution in [0.1, 0.15) is 59.4 Å². The van der Waals surface area contributed by atoms with Crippen LogP contribution < -0.4 is 10.6 Å². The minimum Gasteiger partial charge on any atom is -0.380 e. The van der Waals surface area contributed by atoms with E-state index < -0.39 is 30.2 Å². The van der Waals surface area contributed by atoms with Crippen LogP contribution in [0.4, 0.5) is 0 Å². The number of hydrogen-bond donors (Lipinski definition) is 2. The number of carbonyl (C=O) groups excluding carboxylic acids is 4. The van der Waals surface area contributed by atoms with Crippen LogP contribution in [0.3, 0.4) is 0 Å². The lowest BCUT2D eigenvalue weighted by Gasteiger charge is -2.39. The van der Waals surface area contributed by atoms with Gasteiger partial charge in [0, 0.05) is 41.5 Å². The van der Waals surface area contributed by atoms with Crippen LogP contribution in [-0.4, -0.2) is 137 Å². The Morgan fingerprint density at radius 2 is 1.59 bits per heavy atom.